The van der Waals surface area contributed by atoms with Crippen molar-refractivity contribution >= 4 is 0 Å². The fraction of sp³-hybridized carbons (Fsp3) is 0.600. The molecule has 0 radical (unpaired) electrons. The molecule has 0 amide bonds. The average molecular weight is 269 g/mol. The lowest BCUT2D eigenvalue weighted by atomic mass is 9.94. The zero-order valence-electron chi connectivity index (χ0n) is 11.6. The summed E-state index contributed by atoms with van der Waals surface area (Å²) >= 11 is 0. The number of ether oxygens (including phenoxy) is 1. The molecule has 106 valence electrons. The van der Waals surface area contributed by atoms with Crippen LogP contribution in [0.4, 0.5) is 8.78 Å². The van der Waals surface area contributed by atoms with Crippen molar-refractivity contribution in [1.82, 2.24) is 5.32 Å². The van der Waals surface area contributed by atoms with Crippen molar-refractivity contribution in [2.45, 2.75) is 45.8 Å². The molecule has 0 saturated heterocycles. The van der Waals surface area contributed by atoms with Gasteiger partial charge in [-0.3, -0.25) is 0 Å². The lowest BCUT2D eigenvalue weighted by molar-refractivity contribution is -0.0499. The van der Waals surface area contributed by atoms with E-state index in [1.54, 1.807) is 12.1 Å². The van der Waals surface area contributed by atoms with Gasteiger partial charge in [-0.15, -0.1) is 0 Å². The highest BCUT2D eigenvalue weighted by Gasteiger charge is 2.35. The molecule has 0 saturated carbocycles. The summed E-state index contributed by atoms with van der Waals surface area (Å²) in [5.74, 6) is 1.15. The van der Waals surface area contributed by atoms with Gasteiger partial charge in [0.25, 0.3) is 0 Å². The first-order valence-corrected chi connectivity index (χ1v) is 6.86. The molecule has 0 aromatic heterocycles. The predicted octanol–water partition coefficient (Wildman–Crippen LogP) is 4.08. The number of hydrogen-bond donors (Lipinski definition) is 1. The van der Waals surface area contributed by atoms with Crippen LogP contribution in [-0.2, 0) is 0 Å². The molecule has 0 spiro atoms. The van der Waals surface area contributed by atoms with Gasteiger partial charge >= 0.3 is 6.61 Å². The molecule has 2 rings (SSSR count). The summed E-state index contributed by atoms with van der Waals surface area (Å²) in [6.45, 7) is 4.67. The summed E-state index contributed by atoms with van der Waals surface area (Å²) in [5, 5.41) is 3.51. The van der Waals surface area contributed by atoms with Crippen molar-refractivity contribution in [2.24, 2.45) is 5.92 Å². The highest BCUT2D eigenvalue weighted by Crippen LogP contribution is 2.45. The fourth-order valence-corrected chi connectivity index (χ4v) is 2.86. The zero-order chi connectivity index (χ0) is 14.0. The Bertz CT molecular complexity index is 436. The van der Waals surface area contributed by atoms with E-state index in [2.05, 4.69) is 30.8 Å². The predicted molar refractivity (Wildman–Crippen MR) is 71.7 cm³/mol. The van der Waals surface area contributed by atoms with Crippen molar-refractivity contribution < 1.29 is 13.5 Å². The summed E-state index contributed by atoms with van der Waals surface area (Å²) in [5.41, 5.74) is 2.34. The van der Waals surface area contributed by atoms with E-state index < -0.39 is 6.61 Å². The smallest absolute Gasteiger partial charge is 0.387 e. The van der Waals surface area contributed by atoms with E-state index in [1.807, 2.05) is 6.07 Å². The molecule has 1 aliphatic carbocycles. The number of alkyl halides is 2. The van der Waals surface area contributed by atoms with Gasteiger partial charge in [-0.1, -0.05) is 26.8 Å². The summed E-state index contributed by atoms with van der Waals surface area (Å²) in [4.78, 5) is 0. The SMILES string of the molecule is CCCNC1c2cc(OC(F)F)ccc2C(C)C1C. The van der Waals surface area contributed by atoms with E-state index in [-0.39, 0.29) is 11.8 Å². The summed E-state index contributed by atoms with van der Waals surface area (Å²) in [6.07, 6.45) is 1.06. The van der Waals surface area contributed by atoms with Gasteiger partial charge in [-0.2, -0.15) is 8.78 Å². The Morgan fingerprint density at radius 1 is 1.26 bits per heavy atom. The molecule has 1 aliphatic rings. The van der Waals surface area contributed by atoms with Crippen LogP contribution >= 0.6 is 0 Å². The Kier molecular flexibility index (Phi) is 4.40. The van der Waals surface area contributed by atoms with E-state index in [1.165, 1.54) is 5.56 Å². The van der Waals surface area contributed by atoms with Gasteiger partial charge in [0.05, 0.1) is 0 Å². The van der Waals surface area contributed by atoms with E-state index >= 15 is 0 Å². The largest absolute Gasteiger partial charge is 0.435 e. The maximum absolute atomic E-state index is 12.3. The van der Waals surface area contributed by atoms with Crippen LogP contribution in [0.2, 0.25) is 0 Å². The van der Waals surface area contributed by atoms with Gasteiger partial charge in [0.15, 0.2) is 0 Å². The van der Waals surface area contributed by atoms with E-state index in [0.29, 0.717) is 11.8 Å². The molecule has 1 aromatic rings. The molecule has 1 aromatic carbocycles. The summed E-state index contributed by atoms with van der Waals surface area (Å²) in [7, 11) is 0. The summed E-state index contributed by atoms with van der Waals surface area (Å²) in [6, 6.07) is 5.54. The fourth-order valence-electron chi connectivity index (χ4n) is 2.86. The maximum Gasteiger partial charge on any atom is 0.387 e. The van der Waals surface area contributed by atoms with Crippen molar-refractivity contribution in [1.29, 1.82) is 0 Å². The molecule has 0 bridgehead atoms. The topological polar surface area (TPSA) is 21.3 Å². The minimum atomic E-state index is -2.77. The van der Waals surface area contributed by atoms with Crippen LogP contribution in [0.15, 0.2) is 18.2 Å². The Labute approximate surface area is 113 Å². The van der Waals surface area contributed by atoms with Crippen LogP contribution in [0.5, 0.6) is 5.75 Å². The van der Waals surface area contributed by atoms with Gasteiger partial charge in [-0.25, -0.2) is 0 Å². The van der Waals surface area contributed by atoms with Gasteiger partial charge in [0.1, 0.15) is 5.75 Å². The van der Waals surface area contributed by atoms with E-state index in [9.17, 15) is 8.78 Å². The molecule has 2 nitrogen and oxygen atoms in total. The lowest BCUT2D eigenvalue weighted by Gasteiger charge is -2.20. The minimum Gasteiger partial charge on any atom is -0.435 e. The second-order valence-electron chi connectivity index (χ2n) is 5.25. The van der Waals surface area contributed by atoms with Crippen LogP contribution in [-0.4, -0.2) is 13.2 Å². The Morgan fingerprint density at radius 2 is 2.00 bits per heavy atom. The second-order valence-corrected chi connectivity index (χ2v) is 5.25. The zero-order valence-corrected chi connectivity index (χ0v) is 11.6. The van der Waals surface area contributed by atoms with Crippen LogP contribution in [0.25, 0.3) is 0 Å². The molecule has 19 heavy (non-hydrogen) atoms. The average Bonchev–Trinajstić information content (AvgIpc) is 2.59. The number of halogens is 2. The van der Waals surface area contributed by atoms with E-state index in [0.717, 1.165) is 18.5 Å². The first-order valence-electron chi connectivity index (χ1n) is 6.86. The standard InChI is InChI=1S/C15H21F2NO/c1-4-7-18-14-10(3)9(2)12-6-5-11(8-13(12)14)19-15(16)17/h5-6,8-10,14-15,18H,4,7H2,1-3H3. The molecule has 0 fully saturated rings. The number of hydrogen-bond acceptors (Lipinski definition) is 2. The first-order chi connectivity index (χ1) is 9.04. The van der Waals surface area contributed by atoms with Crippen LogP contribution in [0, 0.1) is 5.92 Å². The van der Waals surface area contributed by atoms with Crippen molar-refractivity contribution in [3.63, 3.8) is 0 Å². The highest BCUT2D eigenvalue weighted by molar-refractivity contribution is 5.44. The van der Waals surface area contributed by atoms with Gasteiger partial charge < -0.3 is 10.1 Å². The van der Waals surface area contributed by atoms with Gasteiger partial charge in [-0.05, 0) is 48.1 Å². The van der Waals surface area contributed by atoms with Crippen molar-refractivity contribution in [3.8, 4) is 5.75 Å². The third kappa shape index (κ3) is 2.89. The minimum absolute atomic E-state index is 0.228. The Balaban J connectivity index is 2.27. The highest BCUT2D eigenvalue weighted by atomic mass is 19.3. The number of fused-ring (bicyclic) bond motifs is 1. The van der Waals surface area contributed by atoms with Crippen LogP contribution < -0.4 is 10.1 Å². The molecule has 3 unspecified atom stereocenters. The Hall–Kier alpha value is -1.16. The molecular weight excluding hydrogens is 248 g/mol. The third-order valence-corrected chi connectivity index (χ3v) is 4.04. The van der Waals surface area contributed by atoms with Crippen LogP contribution in [0.1, 0.15) is 50.3 Å². The van der Waals surface area contributed by atoms with E-state index in [4.69, 9.17) is 0 Å². The van der Waals surface area contributed by atoms with Crippen LogP contribution in [0.3, 0.4) is 0 Å². The maximum atomic E-state index is 12.3. The number of nitrogens with one attached hydrogen (secondary N) is 1. The Morgan fingerprint density at radius 3 is 2.63 bits per heavy atom. The normalized spacial score (nSPS) is 25.7. The van der Waals surface area contributed by atoms with Crippen molar-refractivity contribution in [2.75, 3.05) is 6.54 Å². The quantitative estimate of drug-likeness (QED) is 0.869. The number of rotatable bonds is 5. The van der Waals surface area contributed by atoms with Gasteiger partial charge in [0.2, 0.25) is 0 Å². The van der Waals surface area contributed by atoms with Crippen molar-refractivity contribution in [3.05, 3.63) is 29.3 Å². The summed E-state index contributed by atoms with van der Waals surface area (Å²) < 4.78 is 29.1. The van der Waals surface area contributed by atoms with Gasteiger partial charge in [0, 0.05) is 6.04 Å². The molecule has 0 heterocycles. The molecular formula is C15H21F2NO. The monoisotopic (exact) mass is 269 g/mol. The molecule has 3 atom stereocenters. The molecule has 1 N–H and O–H groups in total. The third-order valence-electron chi connectivity index (χ3n) is 4.04. The molecule has 4 heteroatoms. The number of benzene rings is 1. The first kappa shape index (κ1) is 14.3. The lowest BCUT2D eigenvalue weighted by Crippen LogP contribution is -2.25. The second kappa shape index (κ2) is 5.87. The molecule has 0 aliphatic heterocycles.